The van der Waals surface area contributed by atoms with Crippen molar-refractivity contribution in [2.75, 3.05) is 13.1 Å². The van der Waals surface area contributed by atoms with Crippen LogP contribution < -0.4 is 11.1 Å². The van der Waals surface area contributed by atoms with Crippen LogP contribution in [0.4, 0.5) is 0 Å². The fourth-order valence-corrected chi connectivity index (χ4v) is 0.983. The molecule has 0 rings (SSSR count). The first-order valence-corrected chi connectivity index (χ1v) is 4.61. The van der Waals surface area contributed by atoms with E-state index in [1.54, 1.807) is 6.08 Å². The number of allylic oxidation sites excluding steroid dienone is 3. The second-order valence-electron chi connectivity index (χ2n) is 3.09. The molecule has 0 fully saturated rings. The van der Waals surface area contributed by atoms with Crippen LogP contribution in [-0.4, -0.2) is 19.1 Å². The van der Waals surface area contributed by atoms with E-state index in [4.69, 9.17) is 5.73 Å². The van der Waals surface area contributed by atoms with Crippen molar-refractivity contribution in [3.8, 4) is 0 Å². The fourth-order valence-electron chi connectivity index (χ4n) is 0.983. The predicted molar refractivity (Wildman–Crippen MR) is 59.6 cm³/mol. The lowest BCUT2D eigenvalue weighted by Crippen LogP contribution is -2.31. The van der Waals surface area contributed by atoms with Gasteiger partial charge in [0, 0.05) is 19.1 Å². The number of rotatable bonds is 6. The molecular weight excluding hydrogens is 160 g/mol. The largest absolute Gasteiger partial charge is 0.327 e. The van der Waals surface area contributed by atoms with Gasteiger partial charge in [0.15, 0.2) is 0 Å². The topological polar surface area (TPSA) is 38.0 Å². The highest BCUT2D eigenvalue weighted by atomic mass is 14.9. The van der Waals surface area contributed by atoms with Gasteiger partial charge in [-0.05, 0) is 19.4 Å². The van der Waals surface area contributed by atoms with Crippen molar-refractivity contribution in [2.24, 2.45) is 5.73 Å². The van der Waals surface area contributed by atoms with Crippen molar-refractivity contribution in [1.29, 1.82) is 0 Å². The minimum atomic E-state index is 0.204. The number of hydrogen-bond acceptors (Lipinski definition) is 2. The maximum atomic E-state index is 5.61. The molecule has 1 atom stereocenters. The Morgan fingerprint density at radius 1 is 1.62 bits per heavy atom. The van der Waals surface area contributed by atoms with Crippen LogP contribution in [-0.2, 0) is 0 Å². The van der Waals surface area contributed by atoms with E-state index >= 15 is 0 Å². The second-order valence-corrected chi connectivity index (χ2v) is 3.09. The summed E-state index contributed by atoms with van der Waals surface area (Å²) < 4.78 is 0. The molecule has 0 aliphatic carbocycles. The van der Waals surface area contributed by atoms with Crippen molar-refractivity contribution >= 4 is 0 Å². The van der Waals surface area contributed by atoms with Gasteiger partial charge in [0.05, 0.1) is 0 Å². The van der Waals surface area contributed by atoms with Gasteiger partial charge in [-0.3, -0.25) is 0 Å². The third-order valence-electron chi connectivity index (χ3n) is 1.51. The molecular formula is C11H20N2. The molecule has 0 aromatic rings. The van der Waals surface area contributed by atoms with Gasteiger partial charge in [0.25, 0.3) is 0 Å². The summed E-state index contributed by atoms with van der Waals surface area (Å²) in [6.45, 7) is 9.34. The van der Waals surface area contributed by atoms with Crippen LogP contribution in [0.25, 0.3) is 0 Å². The van der Waals surface area contributed by atoms with Crippen molar-refractivity contribution in [1.82, 2.24) is 5.32 Å². The Morgan fingerprint density at radius 2 is 2.31 bits per heavy atom. The normalized spacial score (nSPS) is 14.8. The molecule has 0 aromatic heterocycles. The van der Waals surface area contributed by atoms with E-state index in [1.165, 1.54) is 5.57 Å². The molecule has 3 N–H and O–H groups in total. The summed E-state index contributed by atoms with van der Waals surface area (Å²) in [5.41, 5.74) is 6.83. The highest BCUT2D eigenvalue weighted by molar-refractivity contribution is 5.23. The van der Waals surface area contributed by atoms with Crippen LogP contribution in [0.5, 0.6) is 0 Å². The average molecular weight is 180 g/mol. The summed E-state index contributed by atoms with van der Waals surface area (Å²) in [7, 11) is 0. The highest BCUT2D eigenvalue weighted by Gasteiger charge is 1.93. The molecule has 0 aromatic carbocycles. The van der Waals surface area contributed by atoms with Gasteiger partial charge in [-0.1, -0.05) is 30.9 Å². The van der Waals surface area contributed by atoms with Crippen LogP contribution in [0.15, 0.2) is 36.5 Å². The molecule has 0 amide bonds. The summed E-state index contributed by atoms with van der Waals surface area (Å²) in [5.74, 6) is 0. The molecule has 0 saturated carbocycles. The summed E-state index contributed by atoms with van der Waals surface area (Å²) >= 11 is 0. The van der Waals surface area contributed by atoms with Gasteiger partial charge in [0.2, 0.25) is 0 Å². The van der Waals surface area contributed by atoms with E-state index in [2.05, 4.69) is 18.0 Å². The van der Waals surface area contributed by atoms with Gasteiger partial charge in [-0.25, -0.2) is 0 Å². The second kappa shape index (κ2) is 7.77. The van der Waals surface area contributed by atoms with E-state index in [-0.39, 0.29) is 6.04 Å². The molecule has 0 aliphatic heterocycles. The third-order valence-corrected chi connectivity index (χ3v) is 1.51. The zero-order valence-corrected chi connectivity index (χ0v) is 8.59. The lowest BCUT2D eigenvalue weighted by molar-refractivity contribution is 0.636. The van der Waals surface area contributed by atoms with Crippen molar-refractivity contribution in [3.05, 3.63) is 36.5 Å². The fraction of sp³-hybridized carbons (Fsp3) is 0.455. The van der Waals surface area contributed by atoms with Crippen molar-refractivity contribution in [2.45, 2.75) is 19.9 Å². The van der Waals surface area contributed by atoms with Crippen LogP contribution >= 0.6 is 0 Å². The Balaban J connectivity index is 3.83. The van der Waals surface area contributed by atoms with Crippen molar-refractivity contribution < 1.29 is 0 Å². The van der Waals surface area contributed by atoms with E-state index < -0.39 is 0 Å². The van der Waals surface area contributed by atoms with Crippen LogP contribution in [0.3, 0.4) is 0 Å². The van der Waals surface area contributed by atoms with E-state index in [1.807, 2.05) is 26.0 Å². The highest BCUT2D eigenvalue weighted by Crippen LogP contribution is 1.95. The van der Waals surface area contributed by atoms with Crippen LogP contribution in [0, 0.1) is 0 Å². The van der Waals surface area contributed by atoms with E-state index in [9.17, 15) is 0 Å². The van der Waals surface area contributed by atoms with Crippen molar-refractivity contribution in [3.63, 3.8) is 0 Å². The summed E-state index contributed by atoms with van der Waals surface area (Å²) in [5, 5.41) is 3.26. The maximum Gasteiger partial charge on any atom is 0.0206 e. The molecule has 2 nitrogen and oxygen atoms in total. The SMILES string of the molecule is C=C/C=C(\C=C/C)CNCC(C)N. The third kappa shape index (κ3) is 7.50. The van der Waals surface area contributed by atoms with Crippen LogP contribution in [0.2, 0.25) is 0 Å². The summed E-state index contributed by atoms with van der Waals surface area (Å²) in [6, 6.07) is 0.204. The standard InChI is InChI=1S/C11H20N2/c1-4-6-11(7-5-2)9-13-8-10(3)12/h4-7,10,13H,1,8-9,12H2,2-3H3/b7-5-,11-6+. The lowest BCUT2D eigenvalue weighted by Gasteiger charge is -2.07. The molecule has 0 aliphatic rings. The summed E-state index contributed by atoms with van der Waals surface area (Å²) in [4.78, 5) is 0. The molecule has 0 heterocycles. The Labute approximate surface area is 81.2 Å². The monoisotopic (exact) mass is 180 g/mol. The van der Waals surface area contributed by atoms with Crippen LogP contribution in [0.1, 0.15) is 13.8 Å². The maximum absolute atomic E-state index is 5.61. The molecule has 0 radical (unpaired) electrons. The molecule has 1 unspecified atom stereocenters. The number of hydrogen-bond donors (Lipinski definition) is 2. The molecule has 74 valence electrons. The van der Waals surface area contributed by atoms with Gasteiger partial charge in [-0.15, -0.1) is 0 Å². The predicted octanol–water partition coefficient (Wildman–Crippen LogP) is 1.61. The number of nitrogens with one attached hydrogen (secondary N) is 1. The first-order valence-electron chi connectivity index (χ1n) is 4.61. The smallest absolute Gasteiger partial charge is 0.0206 e. The first-order chi connectivity index (χ1) is 6.20. The molecule has 0 saturated heterocycles. The first kappa shape index (κ1) is 12.1. The van der Waals surface area contributed by atoms with Gasteiger partial charge >= 0.3 is 0 Å². The minimum absolute atomic E-state index is 0.204. The minimum Gasteiger partial charge on any atom is -0.327 e. The summed E-state index contributed by atoms with van der Waals surface area (Å²) in [6.07, 6.45) is 7.87. The molecule has 0 bridgehead atoms. The molecule has 0 spiro atoms. The van der Waals surface area contributed by atoms with E-state index in [0.29, 0.717) is 0 Å². The Kier molecular flexibility index (Phi) is 7.26. The molecule has 13 heavy (non-hydrogen) atoms. The number of nitrogens with two attached hydrogens (primary N) is 1. The van der Waals surface area contributed by atoms with Gasteiger partial charge < -0.3 is 11.1 Å². The zero-order chi connectivity index (χ0) is 10.1. The molecule has 2 heteroatoms. The average Bonchev–Trinajstić information content (AvgIpc) is 2.04. The van der Waals surface area contributed by atoms with E-state index in [0.717, 1.165) is 13.1 Å². The Hall–Kier alpha value is -0.860. The van der Waals surface area contributed by atoms with Gasteiger partial charge in [-0.2, -0.15) is 0 Å². The lowest BCUT2D eigenvalue weighted by atomic mass is 10.2. The quantitative estimate of drug-likeness (QED) is 0.609. The van der Waals surface area contributed by atoms with Gasteiger partial charge in [0.1, 0.15) is 0 Å². The Morgan fingerprint density at radius 3 is 2.77 bits per heavy atom. The zero-order valence-electron chi connectivity index (χ0n) is 8.59. The Bertz CT molecular complexity index is 190.